The van der Waals surface area contributed by atoms with Crippen LogP contribution >= 0.6 is 0 Å². The van der Waals surface area contributed by atoms with Gasteiger partial charge >= 0.3 is 0 Å². The van der Waals surface area contributed by atoms with Crippen LogP contribution in [0.4, 0.5) is 5.69 Å². The molecule has 4 nitrogen and oxygen atoms in total. The highest BCUT2D eigenvalue weighted by Crippen LogP contribution is 2.27. The van der Waals surface area contributed by atoms with Gasteiger partial charge in [-0.3, -0.25) is 4.79 Å². The molecule has 1 aliphatic carbocycles. The van der Waals surface area contributed by atoms with Gasteiger partial charge in [-0.15, -0.1) is 0 Å². The quantitative estimate of drug-likeness (QED) is 0.865. The van der Waals surface area contributed by atoms with Gasteiger partial charge in [0.05, 0.1) is 7.11 Å². The van der Waals surface area contributed by atoms with E-state index in [9.17, 15) is 4.79 Å². The molecule has 1 heterocycles. The Hall–Kier alpha value is -2.75. The summed E-state index contributed by atoms with van der Waals surface area (Å²) in [4.78, 5) is 17.1. The fourth-order valence-corrected chi connectivity index (χ4v) is 3.58. The van der Waals surface area contributed by atoms with Crippen LogP contribution in [0.3, 0.4) is 0 Å². The molecule has 2 aliphatic rings. The van der Waals surface area contributed by atoms with Crippen LogP contribution in [0.15, 0.2) is 54.1 Å². The molecule has 0 saturated carbocycles. The molecule has 0 atom stereocenters. The lowest BCUT2D eigenvalue weighted by molar-refractivity contribution is -0.127. The molecular weight excluding hydrogens is 312 g/mol. The number of methoxy groups -OCH3 is 1. The van der Waals surface area contributed by atoms with E-state index in [4.69, 9.17) is 4.74 Å². The van der Waals surface area contributed by atoms with Gasteiger partial charge in [0.25, 0.3) is 0 Å². The molecule has 128 valence electrons. The largest absolute Gasteiger partial charge is 0.497 e. The third kappa shape index (κ3) is 3.12. The van der Waals surface area contributed by atoms with E-state index in [1.807, 2.05) is 35.2 Å². The van der Waals surface area contributed by atoms with Gasteiger partial charge in [-0.1, -0.05) is 24.3 Å². The number of amides is 1. The minimum absolute atomic E-state index is 0.186. The number of benzene rings is 2. The van der Waals surface area contributed by atoms with Gasteiger partial charge in [0.15, 0.2) is 0 Å². The van der Waals surface area contributed by atoms with Crippen LogP contribution in [0, 0.1) is 0 Å². The van der Waals surface area contributed by atoms with Crippen LogP contribution in [0.2, 0.25) is 0 Å². The van der Waals surface area contributed by atoms with Crippen molar-refractivity contribution >= 4 is 17.7 Å². The molecule has 1 saturated heterocycles. The van der Waals surface area contributed by atoms with Gasteiger partial charge in [0.2, 0.25) is 5.91 Å². The fourth-order valence-electron chi connectivity index (χ4n) is 3.58. The second-order valence-electron chi connectivity index (χ2n) is 6.52. The Labute approximate surface area is 148 Å². The van der Waals surface area contributed by atoms with E-state index in [0.29, 0.717) is 0 Å². The molecule has 1 fully saturated rings. The molecule has 0 N–H and O–H groups in total. The van der Waals surface area contributed by atoms with Crippen molar-refractivity contribution in [3.8, 4) is 5.75 Å². The molecule has 0 aromatic heterocycles. The predicted octanol–water partition coefficient (Wildman–Crippen LogP) is 2.98. The number of rotatable bonds is 3. The number of carbonyl (C=O) groups excluding carboxylic acids is 1. The normalized spacial score (nSPS) is 16.4. The Balaban J connectivity index is 1.38. The first-order valence-corrected chi connectivity index (χ1v) is 8.71. The Morgan fingerprint density at radius 2 is 1.68 bits per heavy atom. The summed E-state index contributed by atoms with van der Waals surface area (Å²) in [5.74, 6) is 1.05. The Morgan fingerprint density at radius 1 is 0.960 bits per heavy atom. The lowest BCUT2D eigenvalue weighted by Gasteiger charge is -2.36. The summed E-state index contributed by atoms with van der Waals surface area (Å²) >= 11 is 0. The summed E-state index contributed by atoms with van der Waals surface area (Å²) in [6.45, 7) is 3.24. The first-order valence-electron chi connectivity index (χ1n) is 8.71. The van der Waals surface area contributed by atoms with Crippen molar-refractivity contribution in [3.05, 3.63) is 65.2 Å². The third-order valence-electron chi connectivity index (χ3n) is 5.04. The number of piperazine rings is 1. The zero-order chi connectivity index (χ0) is 17.2. The molecule has 0 radical (unpaired) electrons. The van der Waals surface area contributed by atoms with Crippen LogP contribution in [-0.2, 0) is 11.2 Å². The minimum atomic E-state index is 0.186. The lowest BCUT2D eigenvalue weighted by atomic mass is 10.1. The van der Waals surface area contributed by atoms with E-state index >= 15 is 0 Å². The molecule has 4 heteroatoms. The summed E-state index contributed by atoms with van der Waals surface area (Å²) < 4.78 is 5.21. The Bertz CT molecular complexity index is 803. The molecule has 25 heavy (non-hydrogen) atoms. The standard InChI is InChI=1S/C21H22N2O2/c1-25-20-8-6-19(7-9-20)22-10-12-23(13-11-22)21(24)18-14-16-4-2-3-5-17(16)15-18/h2-9,14H,10-13,15H2,1H3. The summed E-state index contributed by atoms with van der Waals surface area (Å²) in [7, 11) is 1.68. The first kappa shape index (κ1) is 15.8. The number of nitrogens with zero attached hydrogens (tertiary/aromatic N) is 2. The van der Waals surface area contributed by atoms with E-state index in [-0.39, 0.29) is 5.91 Å². The van der Waals surface area contributed by atoms with Crippen molar-refractivity contribution in [1.82, 2.24) is 4.90 Å². The number of anilines is 1. The topological polar surface area (TPSA) is 32.8 Å². The lowest BCUT2D eigenvalue weighted by Crippen LogP contribution is -2.49. The molecular formula is C21H22N2O2. The van der Waals surface area contributed by atoms with Crippen LogP contribution < -0.4 is 9.64 Å². The summed E-state index contributed by atoms with van der Waals surface area (Å²) in [5.41, 5.74) is 4.53. The second-order valence-corrected chi connectivity index (χ2v) is 6.52. The van der Waals surface area contributed by atoms with E-state index in [2.05, 4.69) is 29.2 Å². The number of ether oxygens (including phenoxy) is 1. The molecule has 1 amide bonds. The maximum Gasteiger partial charge on any atom is 0.250 e. The Kier molecular flexibility index (Phi) is 4.18. The SMILES string of the molecule is COc1ccc(N2CCN(C(=O)C3=Cc4ccccc4C3)CC2)cc1. The third-order valence-corrected chi connectivity index (χ3v) is 5.04. The number of hydrogen-bond donors (Lipinski definition) is 0. The van der Waals surface area contributed by atoms with Crippen LogP contribution in [0.25, 0.3) is 6.08 Å². The maximum atomic E-state index is 12.8. The van der Waals surface area contributed by atoms with E-state index in [1.54, 1.807) is 7.11 Å². The van der Waals surface area contributed by atoms with Crippen molar-refractivity contribution in [1.29, 1.82) is 0 Å². The molecule has 2 aromatic carbocycles. The van der Waals surface area contributed by atoms with Crippen LogP contribution in [0.1, 0.15) is 11.1 Å². The van der Waals surface area contributed by atoms with Crippen molar-refractivity contribution in [2.75, 3.05) is 38.2 Å². The summed E-state index contributed by atoms with van der Waals surface area (Å²) in [6, 6.07) is 16.4. The molecule has 2 aromatic rings. The van der Waals surface area contributed by atoms with Gasteiger partial charge in [0, 0.05) is 43.9 Å². The van der Waals surface area contributed by atoms with E-state index in [1.165, 1.54) is 16.8 Å². The van der Waals surface area contributed by atoms with Crippen molar-refractivity contribution in [2.45, 2.75) is 6.42 Å². The van der Waals surface area contributed by atoms with Crippen molar-refractivity contribution in [2.24, 2.45) is 0 Å². The minimum Gasteiger partial charge on any atom is -0.497 e. The fraction of sp³-hybridized carbons (Fsp3) is 0.286. The zero-order valence-electron chi connectivity index (χ0n) is 14.4. The average molecular weight is 334 g/mol. The van der Waals surface area contributed by atoms with Gasteiger partial charge in [-0.2, -0.15) is 0 Å². The number of carbonyl (C=O) groups is 1. The van der Waals surface area contributed by atoms with E-state index in [0.717, 1.165) is 43.9 Å². The summed E-state index contributed by atoms with van der Waals surface area (Å²) in [6.07, 6.45) is 2.81. The van der Waals surface area contributed by atoms with Gasteiger partial charge in [0.1, 0.15) is 5.75 Å². The van der Waals surface area contributed by atoms with Crippen molar-refractivity contribution < 1.29 is 9.53 Å². The first-order chi connectivity index (χ1) is 12.2. The molecule has 4 rings (SSSR count). The smallest absolute Gasteiger partial charge is 0.250 e. The molecule has 1 aliphatic heterocycles. The predicted molar refractivity (Wildman–Crippen MR) is 99.9 cm³/mol. The van der Waals surface area contributed by atoms with E-state index < -0.39 is 0 Å². The van der Waals surface area contributed by atoms with Crippen LogP contribution in [0.5, 0.6) is 5.75 Å². The second kappa shape index (κ2) is 6.63. The number of hydrogen-bond acceptors (Lipinski definition) is 3. The molecule has 0 spiro atoms. The molecule has 0 bridgehead atoms. The number of fused-ring (bicyclic) bond motifs is 1. The summed E-state index contributed by atoms with van der Waals surface area (Å²) in [5, 5.41) is 0. The van der Waals surface area contributed by atoms with Crippen molar-refractivity contribution in [3.63, 3.8) is 0 Å². The zero-order valence-corrected chi connectivity index (χ0v) is 14.4. The highest BCUT2D eigenvalue weighted by Gasteiger charge is 2.26. The highest BCUT2D eigenvalue weighted by atomic mass is 16.5. The monoisotopic (exact) mass is 334 g/mol. The molecule has 0 unspecified atom stereocenters. The maximum absolute atomic E-state index is 12.8. The average Bonchev–Trinajstić information content (AvgIpc) is 3.12. The van der Waals surface area contributed by atoms with Gasteiger partial charge in [-0.25, -0.2) is 0 Å². The Morgan fingerprint density at radius 3 is 2.36 bits per heavy atom. The van der Waals surface area contributed by atoms with Gasteiger partial charge in [-0.05, 0) is 41.5 Å². The highest BCUT2D eigenvalue weighted by molar-refractivity contribution is 6.00. The van der Waals surface area contributed by atoms with Gasteiger partial charge < -0.3 is 14.5 Å². The van der Waals surface area contributed by atoms with Crippen LogP contribution in [-0.4, -0.2) is 44.1 Å².